The summed E-state index contributed by atoms with van der Waals surface area (Å²) in [5.74, 6) is 0.646. The molecule has 0 spiro atoms. The van der Waals surface area contributed by atoms with Gasteiger partial charge < -0.3 is 10.2 Å². The molecule has 90 valence electrons. The second kappa shape index (κ2) is 5.43. The Kier molecular flexibility index (Phi) is 4.47. The Hall–Kier alpha value is -0.900. The third-order valence-corrected chi connectivity index (χ3v) is 3.05. The summed E-state index contributed by atoms with van der Waals surface area (Å²) >= 11 is 5.03. The third kappa shape index (κ3) is 2.61. The van der Waals surface area contributed by atoms with Gasteiger partial charge in [-0.25, -0.2) is 0 Å². The van der Waals surface area contributed by atoms with Gasteiger partial charge in [0.05, 0.1) is 5.69 Å². The zero-order valence-electron chi connectivity index (χ0n) is 10.5. The van der Waals surface area contributed by atoms with Crippen LogP contribution < -0.4 is 15.6 Å². The molecule has 0 aliphatic carbocycles. The first-order valence-corrected chi connectivity index (χ1v) is 6.18. The van der Waals surface area contributed by atoms with E-state index in [9.17, 15) is 4.79 Å². The van der Waals surface area contributed by atoms with Gasteiger partial charge in [-0.2, -0.15) is 0 Å². The van der Waals surface area contributed by atoms with Crippen LogP contribution in [0.2, 0.25) is 0 Å². The van der Waals surface area contributed by atoms with Crippen LogP contribution in [-0.4, -0.2) is 20.1 Å². The summed E-state index contributed by atoms with van der Waals surface area (Å²) in [6.45, 7) is 8.06. The molecule has 0 fully saturated rings. The van der Waals surface area contributed by atoms with Crippen LogP contribution in [0.3, 0.4) is 0 Å². The lowest BCUT2D eigenvalue weighted by atomic mass is 10.1. The van der Waals surface area contributed by atoms with Crippen LogP contribution in [-0.2, 0) is 0 Å². The molecule has 4 heteroatoms. The highest BCUT2D eigenvalue weighted by molar-refractivity contribution is 7.71. The van der Waals surface area contributed by atoms with Crippen molar-refractivity contribution in [3.63, 3.8) is 0 Å². The Labute approximate surface area is 102 Å². The summed E-state index contributed by atoms with van der Waals surface area (Å²) in [7, 11) is 1.95. The lowest BCUT2D eigenvalue weighted by Gasteiger charge is -2.25. The summed E-state index contributed by atoms with van der Waals surface area (Å²) in [6, 6.07) is 0. The highest BCUT2D eigenvalue weighted by atomic mass is 32.1. The Morgan fingerprint density at radius 2 is 2.06 bits per heavy atom. The van der Waals surface area contributed by atoms with Crippen LogP contribution in [0.15, 0.2) is 4.79 Å². The molecule has 0 saturated carbocycles. The average molecular weight is 240 g/mol. The average Bonchev–Trinajstić information content (AvgIpc) is 2.25. The molecule has 0 aliphatic rings. The van der Waals surface area contributed by atoms with Crippen molar-refractivity contribution in [3.8, 4) is 0 Å². The molecule has 0 aliphatic heterocycles. The maximum Gasteiger partial charge on any atom is 0.224 e. The summed E-state index contributed by atoms with van der Waals surface area (Å²) in [5.41, 5.74) is 1.62. The predicted octanol–water partition coefficient (Wildman–Crippen LogP) is 2.57. The van der Waals surface area contributed by atoms with Crippen molar-refractivity contribution in [3.05, 3.63) is 14.7 Å². The smallest absolute Gasteiger partial charge is 0.224 e. The Balaban J connectivity index is 2.76. The second-order valence-corrected chi connectivity index (χ2v) is 4.92. The van der Waals surface area contributed by atoms with Crippen molar-refractivity contribution in [2.24, 2.45) is 5.92 Å². The Morgan fingerprint density at radius 1 is 1.44 bits per heavy atom. The first kappa shape index (κ1) is 13.2. The molecule has 1 aromatic rings. The summed E-state index contributed by atoms with van der Waals surface area (Å²) < 4.78 is 0.452. The Bertz CT molecular complexity index is 419. The first-order chi connectivity index (χ1) is 7.49. The monoisotopic (exact) mass is 240 g/mol. The molecule has 0 aromatic heterocycles. The van der Waals surface area contributed by atoms with E-state index in [1.165, 1.54) is 0 Å². The molecule has 0 atom stereocenters. The summed E-state index contributed by atoms with van der Waals surface area (Å²) in [6.07, 6.45) is 1.08. The largest absolute Gasteiger partial charge is 0.382 e. The standard InChI is InChI=1S/C12H20N2OS/c1-5-13-9-10(11(15)12(9)16)14(4)7-6-8(2)3/h8,13H,5-7H2,1-4H3. The van der Waals surface area contributed by atoms with Gasteiger partial charge in [0.1, 0.15) is 10.2 Å². The molecule has 0 heterocycles. The maximum absolute atomic E-state index is 11.7. The molecule has 0 unspecified atom stereocenters. The molecule has 0 saturated heterocycles. The van der Waals surface area contributed by atoms with Gasteiger partial charge in [-0.15, -0.1) is 0 Å². The minimum absolute atomic E-state index is 0.0113. The van der Waals surface area contributed by atoms with E-state index in [-0.39, 0.29) is 5.43 Å². The molecule has 0 radical (unpaired) electrons. The van der Waals surface area contributed by atoms with Gasteiger partial charge in [0.15, 0.2) is 0 Å². The molecule has 1 aromatic carbocycles. The van der Waals surface area contributed by atoms with E-state index in [2.05, 4.69) is 19.2 Å². The van der Waals surface area contributed by atoms with Gasteiger partial charge in [-0.1, -0.05) is 26.1 Å². The van der Waals surface area contributed by atoms with Gasteiger partial charge in [-0.3, -0.25) is 4.79 Å². The van der Waals surface area contributed by atoms with E-state index >= 15 is 0 Å². The number of nitrogens with zero attached hydrogens (tertiary/aromatic N) is 1. The van der Waals surface area contributed by atoms with Gasteiger partial charge in [-0.05, 0) is 19.3 Å². The third-order valence-electron chi connectivity index (χ3n) is 2.66. The number of hydrogen-bond acceptors (Lipinski definition) is 4. The van der Waals surface area contributed by atoms with Crippen molar-refractivity contribution in [2.45, 2.75) is 27.2 Å². The van der Waals surface area contributed by atoms with Crippen molar-refractivity contribution in [2.75, 3.05) is 30.4 Å². The van der Waals surface area contributed by atoms with E-state index in [0.29, 0.717) is 10.4 Å². The lowest BCUT2D eigenvalue weighted by molar-refractivity contribution is 0.584. The molecular weight excluding hydrogens is 220 g/mol. The normalized spacial score (nSPS) is 11.1. The van der Waals surface area contributed by atoms with E-state index in [4.69, 9.17) is 12.2 Å². The van der Waals surface area contributed by atoms with Gasteiger partial charge in [0.25, 0.3) is 0 Å². The van der Waals surface area contributed by atoms with Crippen LogP contribution in [0.25, 0.3) is 0 Å². The van der Waals surface area contributed by atoms with Gasteiger partial charge in [0, 0.05) is 20.1 Å². The molecule has 0 amide bonds. The lowest BCUT2D eigenvalue weighted by Crippen LogP contribution is -2.31. The number of anilines is 2. The quantitative estimate of drug-likeness (QED) is 0.775. The minimum atomic E-state index is 0.0113. The first-order valence-electron chi connectivity index (χ1n) is 5.77. The van der Waals surface area contributed by atoms with Crippen molar-refractivity contribution in [1.82, 2.24) is 0 Å². The highest BCUT2D eigenvalue weighted by Crippen LogP contribution is 2.26. The van der Waals surface area contributed by atoms with Crippen LogP contribution in [0.5, 0.6) is 0 Å². The zero-order valence-corrected chi connectivity index (χ0v) is 11.3. The van der Waals surface area contributed by atoms with Crippen LogP contribution in [0, 0.1) is 10.4 Å². The van der Waals surface area contributed by atoms with E-state index in [1.54, 1.807) is 0 Å². The fraction of sp³-hybridized carbons (Fsp3) is 0.667. The molecule has 0 bridgehead atoms. The molecule has 16 heavy (non-hydrogen) atoms. The predicted molar refractivity (Wildman–Crippen MR) is 72.8 cm³/mol. The number of nitrogens with one attached hydrogen (secondary N) is 1. The van der Waals surface area contributed by atoms with E-state index in [1.807, 2.05) is 18.9 Å². The molecule has 1 rings (SSSR count). The van der Waals surface area contributed by atoms with Crippen LogP contribution >= 0.6 is 12.2 Å². The molecule has 1 N–H and O–H groups in total. The minimum Gasteiger partial charge on any atom is -0.382 e. The topological polar surface area (TPSA) is 32.3 Å². The Morgan fingerprint density at radius 3 is 2.56 bits per heavy atom. The maximum atomic E-state index is 11.7. The van der Waals surface area contributed by atoms with Crippen LogP contribution in [0.1, 0.15) is 27.2 Å². The molecule has 3 nitrogen and oxygen atoms in total. The fourth-order valence-electron chi connectivity index (χ4n) is 1.65. The SMILES string of the molecule is CCNc1c(N(C)CCC(C)C)c(=O)c1=S. The second-order valence-electron chi connectivity index (χ2n) is 4.52. The van der Waals surface area contributed by atoms with E-state index in [0.717, 1.165) is 30.9 Å². The van der Waals surface area contributed by atoms with E-state index < -0.39 is 0 Å². The highest BCUT2D eigenvalue weighted by Gasteiger charge is 2.20. The number of hydrogen-bond donors (Lipinski definition) is 1. The summed E-state index contributed by atoms with van der Waals surface area (Å²) in [5, 5.41) is 3.16. The van der Waals surface area contributed by atoms with Crippen molar-refractivity contribution < 1.29 is 0 Å². The summed E-state index contributed by atoms with van der Waals surface area (Å²) in [4.78, 5) is 13.7. The van der Waals surface area contributed by atoms with Crippen LogP contribution in [0.4, 0.5) is 11.4 Å². The van der Waals surface area contributed by atoms with Gasteiger partial charge in [0.2, 0.25) is 5.43 Å². The zero-order chi connectivity index (χ0) is 12.3. The molecular formula is C12H20N2OS. The number of rotatable bonds is 6. The van der Waals surface area contributed by atoms with Crippen molar-refractivity contribution >= 4 is 23.6 Å². The fourth-order valence-corrected chi connectivity index (χ4v) is 1.91. The van der Waals surface area contributed by atoms with Gasteiger partial charge >= 0.3 is 0 Å². The van der Waals surface area contributed by atoms with Crippen molar-refractivity contribution in [1.29, 1.82) is 0 Å².